The molecule has 3 N–H and O–H groups in total. The van der Waals surface area contributed by atoms with Gasteiger partial charge in [-0.15, -0.1) is 0 Å². The van der Waals surface area contributed by atoms with Crippen LogP contribution in [-0.2, 0) is 0 Å². The van der Waals surface area contributed by atoms with E-state index in [4.69, 9.17) is 10.5 Å². The highest BCUT2D eigenvalue weighted by Crippen LogP contribution is 2.38. The van der Waals surface area contributed by atoms with Crippen LogP contribution in [0.15, 0.2) is 35.5 Å². The summed E-state index contributed by atoms with van der Waals surface area (Å²) in [5.41, 5.74) is 6.84. The molecule has 0 spiro atoms. The fourth-order valence-corrected chi connectivity index (χ4v) is 3.84. The van der Waals surface area contributed by atoms with Crippen LogP contribution < -0.4 is 16.0 Å². The lowest BCUT2D eigenvalue weighted by molar-refractivity contribution is 0.205. The molecule has 3 heterocycles. The van der Waals surface area contributed by atoms with Crippen LogP contribution in [-0.4, -0.2) is 27.6 Å². The molecule has 0 bridgehead atoms. The fourth-order valence-electron chi connectivity index (χ4n) is 2.87. The highest BCUT2D eigenvalue weighted by Gasteiger charge is 2.22. The predicted octanol–water partition coefficient (Wildman–Crippen LogP) is 3.44. The van der Waals surface area contributed by atoms with Gasteiger partial charge in [-0.3, -0.25) is 9.78 Å². The lowest BCUT2D eigenvalue weighted by Gasteiger charge is -2.26. The standard InChI is InChI=1S/C19H20N4O2S/c1-19(2,3)13(20)9-25-18-23-15-10-4-6-21-8-12(10)14-11(16(15)26-18)5-7-22-17(14)24/h4-8,13H,9,20H2,1-3H3,(H,22,24)/t13-/m0/s1. The predicted molar refractivity (Wildman–Crippen MR) is 106 cm³/mol. The first-order valence-electron chi connectivity index (χ1n) is 8.42. The quantitative estimate of drug-likeness (QED) is 0.540. The number of benzene rings is 1. The minimum atomic E-state index is -0.131. The van der Waals surface area contributed by atoms with Crippen LogP contribution >= 0.6 is 11.3 Å². The Morgan fingerprint density at radius 3 is 2.85 bits per heavy atom. The lowest BCUT2D eigenvalue weighted by Crippen LogP contribution is -2.40. The van der Waals surface area contributed by atoms with E-state index in [1.165, 1.54) is 11.3 Å². The van der Waals surface area contributed by atoms with E-state index < -0.39 is 0 Å². The number of hydrogen-bond donors (Lipinski definition) is 2. The summed E-state index contributed by atoms with van der Waals surface area (Å²) in [6.45, 7) is 6.64. The van der Waals surface area contributed by atoms with E-state index in [1.54, 1.807) is 18.6 Å². The maximum absolute atomic E-state index is 12.4. The van der Waals surface area contributed by atoms with Gasteiger partial charge in [0.1, 0.15) is 6.61 Å². The minimum absolute atomic E-state index is 0.0466. The number of pyridine rings is 2. The van der Waals surface area contributed by atoms with Gasteiger partial charge >= 0.3 is 0 Å². The summed E-state index contributed by atoms with van der Waals surface area (Å²) in [7, 11) is 0. The number of hydrogen-bond acceptors (Lipinski definition) is 6. The van der Waals surface area contributed by atoms with E-state index in [1.807, 2.05) is 12.1 Å². The first kappa shape index (κ1) is 16.9. The summed E-state index contributed by atoms with van der Waals surface area (Å²) in [6.07, 6.45) is 5.07. The highest BCUT2D eigenvalue weighted by atomic mass is 32.1. The van der Waals surface area contributed by atoms with Crippen molar-refractivity contribution in [3.63, 3.8) is 0 Å². The maximum Gasteiger partial charge on any atom is 0.274 e. The number of ether oxygens (including phenoxy) is 1. The zero-order valence-electron chi connectivity index (χ0n) is 14.9. The molecule has 26 heavy (non-hydrogen) atoms. The lowest BCUT2D eigenvalue weighted by atomic mass is 9.88. The molecule has 0 radical (unpaired) electrons. The molecule has 0 aliphatic heterocycles. The van der Waals surface area contributed by atoms with Crippen molar-refractivity contribution in [2.24, 2.45) is 11.1 Å². The van der Waals surface area contributed by atoms with Crippen molar-refractivity contribution in [3.8, 4) is 5.19 Å². The summed E-state index contributed by atoms with van der Waals surface area (Å²) in [5.74, 6) is 0. The van der Waals surface area contributed by atoms with Crippen LogP contribution in [0.4, 0.5) is 0 Å². The third-order valence-electron chi connectivity index (χ3n) is 4.66. The van der Waals surface area contributed by atoms with Crippen LogP contribution in [0.25, 0.3) is 31.8 Å². The molecule has 4 rings (SSSR count). The van der Waals surface area contributed by atoms with E-state index in [9.17, 15) is 4.79 Å². The average Bonchev–Trinajstić information content (AvgIpc) is 3.03. The summed E-state index contributed by atoms with van der Waals surface area (Å²) < 4.78 is 6.82. The van der Waals surface area contributed by atoms with Crippen molar-refractivity contribution < 1.29 is 4.74 Å². The van der Waals surface area contributed by atoms with Gasteiger partial charge in [0.15, 0.2) is 0 Å². The molecule has 0 amide bonds. The first-order chi connectivity index (χ1) is 12.4. The molecule has 6 nitrogen and oxygen atoms in total. The second kappa shape index (κ2) is 6.03. The Labute approximate surface area is 154 Å². The summed E-state index contributed by atoms with van der Waals surface area (Å²) >= 11 is 1.44. The van der Waals surface area contributed by atoms with Crippen molar-refractivity contribution in [1.29, 1.82) is 0 Å². The summed E-state index contributed by atoms with van der Waals surface area (Å²) in [6, 6.07) is 3.68. The van der Waals surface area contributed by atoms with E-state index >= 15 is 0 Å². The molecular formula is C19H20N4O2S. The molecule has 0 aliphatic rings. The molecule has 0 aliphatic carbocycles. The SMILES string of the molecule is CC(C)(C)[C@@H](N)COc1nc2c3ccncc3c3c(=O)[nH]ccc3c2s1. The van der Waals surface area contributed by atoms with Crippen molar-refractivity contribution in [1.82, 2.24) is 15.0 Å². The van der Waals surface area contributed by atoms with Gasteiger partial charge in [-0.05, 0) is 17.5 Å². The Balaban J connectivity index is 1.90. The normalized spacial score (nSPS) is 13.5. The van der Waals surface area contributed by atoms with Gasteiger partial charge in [-0.25, -0.2) is 4.98 Å². The number of H-pyrrole nitrogens is 1. The van der Waals surface area contributed by atoms with Crippen molar-refractivity contribution in [2.45, 2.75) is 26.8 Å². The molecule has 4 aromatic rings. The number of nitrogens with two attached hydrogens (primary N) is 1. The zero-order chi connectivity index (χ0) is 18.5. The molecule has 1 atom stereocenters. The smallest absolute Gasteiger partial charge is 0.274 e. The van der Waals surface area contributed by atoms with E-state index in [2.05, 4.69) is 35.7 Å². The average molecular weight is 368 g/mol. The highest BCUT2D eigenvalue weighted by molar-refractivity contribution is 7.21. The molecule has 0 fully saturated rings. The van der Waals surface area contributed by atoms with Crippen molar-refractivity contribution in [2.75, 3.05) is 6.61 Å². The summed E-state index contributed by atoms with van der Waals surface area (Å²) in [5, 5.41) is 3.73. The van der Waals surface area contributed by atoms with Gasteiger partial charge in [0.25, 0.3) is 10.8 Å². The number of aromatic amines is 1. The third-order valence-corrected chi connectivity index (χ3v) is 5.66. The fraction of sp³-hybridized carbons (Fsp3) is 0.316. The van der Waals surface area contributed by atoms with Crippen LogP contribution in [0.2, 0.25) is 0 Å². The number of thiazole rings is 1. The number of nitrogens with zero attached hydrogens (tertiary/aromatic N) is 2. The van der Waals surface area contributed by atoms with Gasteiger partial charge in [0.2, 0.25) is 0 Å². The molecule has 0 saturated heterocycles. The Hall–Kier alpha value is -2.51. The number of nitrogens with one attached hydrogen (secondary N) is 1. The molecule has 1 aromatic carbocycles. The second-order valence-electron chi connectivity index (χ2n) is 7.46. The third kappa shape index (κ3) is 2.73. The molecular weight excluding hydrogens is 348 g/mol. The van der Waals surface area contributed by atoms with E-state index in [0.717, 1.165) is 26.4 Å². The topological polar surface area (TPSA) is 93.9 Å². The second-order valence-corrected chi connectivity index (χ2v) is 8.42. The van der Waals surface area contributed by atoms with Crippen molar-refractivity contribution >= 4 is 43.1 Å². The largest absolute Gasteiger partial charge is 0.468 e. The van der Waals surface area contributed by atoms with Gasteiger partial charge in [-0.1, -0.05) is 32.1 Å². The number of aromatic nitrogens is 3. The van der Waals surface area contributed by atoms with Crippen molar-refractivity contribution in [3.05, 3.63) is 41.1 Å². The minimum Gasteiger partial charge on any atom is -0.468 e. The van der Waals surface area contributed by atoms with Gasteiger partial charge in [-0.2, -0.15) is 0 Å². The Morgan fingerprint density at radius 1 is 1.27 bits per heavy atom. The van der Waals surface area contributed by atoms with Gasteiger partial charge in [0.05, 0.1) is 15.6 Å². The maximum atomic E-state index is 12.4. The Bertz CT molecular complexity index is 1170. The molecule has 7 heteroatoms. The van der Waals surface area contributed by atoms with E-state index in [-0.39, 0.29) is 17.0 Å². The van der Waals surface area contributed by atoms with Crippen LogP contribution in [0, 0.1) is 5.41 Å². The van der Waals surface area contributed by atoms with Crippen LogP contribution in [0.1, 0.15) is 20.8 Å². The van der Waals surface area contributed by atoms with Crippen LogP contribution in [0.3, 0.4) is 0 Å². The van der Waals surface area contributed by atoms with E-state index in [0.29, 0.717) is 17.2 Å². The molecule has 3 aromatic heterocycles. The molecule has 0 unspecified atom stereocenters. The van der Waals surface area contributed by atoms with Gasteiger partial charge in [0, 0.05) is 40.8 Å². The first-order valence-corrected chi connectivity index (χ1v) is 9.24. The monoisotopic (exact) mass is 368 g/mol. The summed E-state index contributed by atoms with van der Waals surface area (Å²) in [4.78, 5) is 24.0. The zero-order valence-corrected chi connectivity index (χ0v) is 15.7. The number of rotatable bonds is 3. The Kier molecular flexibility index (Phi) is 3.93. The number of fused-ring (bicyclic) bond motifs is 6. The molecule has 134 valence electrons. The Morgan fingerprint density at radius 2 is 2.08 bits per heavy atom. The molecule has 0 saturated carbocycles. The van der Waals surface area contributed by atoms with Crippen LogP contribution in [0.5, 0.6) is 5.19 Å². The van der Waals surface area contributed by atoms with Gasteiger partial charge < -0.3 is 15.5 Å².